The van der Waals surface area contributed by atoms with E-state index in [1.807, 2.05) is 29.0 Å². The molecule has 176 valence electrons. The van der Waals surface area contributed by atoms with Crippen molar-refractivity contribution in [3.63, 3.8) is 0 Å². The van der Waals surface area contributed by atoms with Gasteiger partial charge in [-0.25, -0.2) is 9.37 Å². The van der Waals surface area contributed by atoms with Gasteiger partial charge in [-0.2, -0.15) is 0 Å². The molecule has 0 atom stereocenters. The highest BCUT2D eigenvalue weighted by Crippen LogP contribution is 2.30. The Hall–Kier alpha value is -3.10. The number of hydrogen-bond donors (Lipinski definition) is 1. The van der Waals surface area contributed by atoms with E-state index in [1.54, 1.807) is 31.8 Å². The van der Waals surface area contributed by atoms with Gasteiger partial charge in [-0.05, 0) is 54.8 Å². The molecular formula is C25H30FN3O4. The van der Waals surface area contributed by atoms with Crippen LogP contribution >= 0.6 is 0 Å². The molecule has 1 aliphatic heterocycles. The second kappa shape index (κ2) is 10.7. The maximum Gasteiger partial charge on any atom is 0.161 e. The lowest BCUT2D eigenvalue weighted by atomic mass is 9.92. The maximum atomic E-state index is 13.0. The van der Waals surface area contributed by atoms with Crippen molar-refractivity contribution in [1.29, 1.82) is 0 Å². The maximum absolute atomic E-state index is 13.0. The zero-order valence-electron chi connectivity index (χ0n) is 18.8. The van der Waals surface area contributed by atoms with Crippen molar-refractivity contribution in [3.05, 3.63) is 72.6 Å². The van der Waals surface area contributed by atoms with Gasteiger partial charge in [0.05, 0.1) is 20.0 Å². The second-order valence-corrected chi connectivity index (χ2v) is 8.38. The number of benzene rings is 2. The fourth-order valence-electron chi connectivity index (χ4n) is 3.89. The molecule has 7 nitrogen and oxygen atoms in total. The molecule has 4 rings (SSSR count). The summed E-state index contributed by atoms with van der Waals surface area (Å²) < 4.78 is 32.1. The third-order valence-corrected chi connectivity index (χ3v) is 5.91. The van der Waals surface area contributed by atoms with Crippen molar-refractivity contribution >= 4 is 0 Å². The van der Waals surface area contributed by atoms with Crippen LogP contribution in [0.15, 0.2) is 61.2 Å². The van der Waals surface area contributed by atoms with Crippen molar-refractivity contribution in [2.75, 3.05) is 33.4 Å². The molecule has 3 aromatic rings. The summed E-state index contributed by atoms with van der Waals surface area (Å²) in [4.78, 5) is 6.35. The van der Waals surface area contributed by atoms with Crippen LogP contribution in [0.5, 0.6) is 17.2 Å². The number of piperidine rings is 1. The first-order valence-corrected chi connectivity index (χ1v) is 11.1. The van der Waals surface area contributed by atoms with Crippen LogP contribution < -0.4 is 14.2 Å². The number of ether oxygens (including phenoxy) is 3. The summed E-state index contributed by atoms with van der Waals surface area (Å²) >= 11 is 0. The molecule has 0 unspecified atom stereocenters. The lowest BCUT2D eigenvalue weighted by Gasteiger charge is -2.38. The molecule has 0 amide bonds. The summed E-state index contributed by atoms with van der Waals surface area (Å²) in [6.07, 6.45) is 6.63. The van der Waals surface area contributed by atoms with Crippen LogP contribution in [0.3, 0.4) is 0 Å². The summed E-state index contributed by atoms with van der Waals surface area (Å²) in [5.41, 5.74) is 0.244. The van der Waals surface area contributed by atoms with Crippen LogP contribution in [0.1, 0.15) is 18.4 Å². The van der Waals surface area contributed by atoms with E-state index in [2.05, 4.69) is 9.88 Å². The molecule has 1 saturated heterocycles. The number of aliphatic hydroxyl groups is 1. The van der Waals surface area contributed by atoms with E-state index in [0.717, 1.165) is 30.9 Å². The van der Waals surface area contributed by atoms with Crippen molar-refractivity contribution in [3.8, 4) is 17.2 Å². The van der Waals surface area contributed by atoms with Gasteiger partial charge in [-0.15, -0.1) is 0 Å². The quantitative estimate of drug-likeness (QED) is 0.505. The minimum Gasteiger partial charge on any atom is -0.493 e. The third-order valence-electron chi connectivity index (χ3n) is 5.91. The summed E-state index contributed by atoms with van der Waals surface area (Å²) in [5.74, 6) is 1.68. The van der Waals surface area contributed by atoms with Gasteiger partial charge >= 0.3 is 0 Å². The van der Waals surface area contributed by atoms with Gasteiger partial charge in [-0.1, -0.05) is 6.07 Å². The zero-order chi connectivity index (χ0) is 23.1. The molecule has 0 saturated carbocycles. The first kappa shape index (κ1) is 23.1. The van der Waals surface area contributed by atoms with Crippen LogP contribution in [0, 0.1) is 5.82 Å². The molecule has 2 aromatic carbocycles. The average Bonchev–Trinajstić information content (AvgIpc) is 3.34. The third kappa shape index (κ3) is 6.46. The first-order chi connectivity index (χ1) is 16.0. The highest BCUT2D eigenvalue weighted by molar-refractivity contribution is 5.43. The van der Waals surface area contributed by atoms with E-state index >= 15 is 0 Å². The standard InChI is InChI=1S/C25H30FN3O4/c1-31-23-7-2-20(16-24(23)32-15-14-29-13-10-27-19-29)17-28-11-8-25(30,9-12-28)18-33-22-5-3-21(26)4-6-22/h2-7,10,13,16,19,30H,8-9,11-12,14-15,17-18H2,1H3. The van der Waals surface area contributed by atoms with Crippen molar-refractivity contribution in [1.82, 2.24) is 14.5 Å². The molecule has 33 heavy (non-hydrogen) atoms. The Morgan fingerprint density at radius 2 is 1.85 bits per heavy atom. The van der Waals surface area contributed by atoms with E-state index in [9.17, 15) is 9.50 Å². The number of methoxy groups -OCH3 is 1. The van der Waals surface area contributed by atoms with Crippen LogP contribution in [-0.4, -0.2) is 58.6 Å². The Labute approximate surface area is 193 Å². The second-order valence-electron chi connectivity index (χ2n) is 8.38. The zero-order valence-corrected chi connectivity index (χ0v) is 18.8. The predicted molar refractivity (Wildman–Crippen MR) is 122 cm³/mol. The Morgan fingerprint density at radius 1 is 1.06 bits per heavy atom. The average molecular weight is 456 g/mol. The Balaban J connectivity index is 1.27. The fraction of sp³-hybridized carbons (Fsp3) is 0.400. The topological polar surface area (TPSA) is 69.0 Å². The number of rotatable bonds is 10. The van der Waals surface area contributed by atoms with Gasteiger partial charge in [0.25, 0.3) is 0 Å². The fourth-order valence-corrected chi connectivity index (χ4v) is 3.89. The molecule has 1 fully saturated rings. The molecule has 1 aliphatic rings. The largest absolute Gasteiger partial charge is 0.493 e. The lowest BCUT2D eigenvalue weighted by Crippen LogP contribution is -2.47. The number of imidazole rings is 1. The highest BCUT2D eigenvalue weighted by atomic mass is 19.1. The summed E-state index contributed by atoms with van der Waals surface area (Å²) in [7, 11) is 1.64. The van der Waals surface area contributed by atoms with Crippen LogP contribution in [0.25, 0.3) is 0 Å². The van der Waals surface area contributed by atoms with Crippen molar-refractivity contribution < 1.29 is 23.7 Å². The molecular weight excluding hydrogens is 425 g/mol. The normalized spacial score (nSPS) is 15.8. The molecule has 2 heterocycles. The Bertz CT molecular complexity index is 1000. The number of nitrogens with zero attached hydrogens (tertiary/aromatic N) is 3. The predicted octanol–water partition coefficient (Wildman–Crippen LogP) is 3.52. The minimum absolute atomic E-state index is 0.198. The summed E-state index contributed by atoms with van der Waals surface area (Å²) in [6.45, 7) is 3.69. The number of aromatic nitrogens is 2. The van der Waals surface area contributed by atoms with E-state index in [-0.39, 0.29) is 12.4 Å². The number of likely N-dealkylation sites (tertiary alicyclic amines) is 1. The van der Waals surface area contributed by atoms with Crippen molar-refractivity contribution in [2.45, 2.75) is 31.5 Å². The summed E-state index contributed by atoms with van der Waals surface area (Å²) in [5, 5.41) is 10.9. The van der Waals surface area contributed by atoms with E-state index < -0.39 is 5.60 Å². The smallest absolute Gasteiger partial charge is 0.161 e. The molecule has 0 aliphatic carbocycles. The Kier molecular flexibility index (Phi) is 7.47. The van der Waals surface area contributed by atoms with Gasteiger partial charge in [0.1, 0.15) is 30.4 Å². The van der Waals surface area contributed by atoms with Gasteiger partial charge in [-0.3, -0.25) is 4.90 Å². The molecule has 0 bridgehead atoms. The first-order valence-electron chi connectivity index (χ1n) is 11.1. The van der Waals surface area contributed by atoms with Gasteiger partial charge in [0.15, 0.2) is 11.5 Å². The molecule has 1 N–H and O–H groups in total. The van der Waals surface area contributed by atoms with E-state index in [0.29, 0.717) is 37.5 Å². The van der Waals surface area contributed by atoms with E-state index in [4.69, 9.17) is 14.2 Å². The SMILES string of the molecule is COc1ccc(CN2CCC(O)(COc3ccc(F)cc3)CC2)cc1OCCn1ccnc1. The van der Waals surface area contributed by atoms with Gasteiger partial charge < -0.3 is 23.9 Å². The van der Waals surface area contributed by atoms with Crippen LogP contribution in [0.4, 0.5) is 4.39 Å². The minimum atomic E-state index is -0.883. The van der Waals surface area contributed by atoms with Gasteiger partial charge in [0, 0.05) is 32.0 Å². The van der Waals surface area contributed by atoms with Crippen molar-refractivity contribution in [2.24, 2.45) is 0 Å². The molecule has 0 radical (unpaired) electrons. The molecule has 0 spiro atoms. The van der Waals surface area contributed by atoms with Gasteiger partial charge in [0.2, 0.25) is 0 Å². The van der Waals surface area contributed by atoms with E-state index in [1.165, 1.54) is 12.1 Å². The summed E-state index contributed by atoms with van der Waals surface area (Å²) in [6, 6.07) is 11.8. The Morgan fingerprint density at radius 3 is 2.55 bits per heavy atom. The highest BCUT2D eigenvalue weighted by Gasteiger charge is 2.33. The van der Waals surface area contributed by atoms with Crippen LogP contribution in [0.2, 0.25) is 0 Å². The molecule has 8 heteroatoms. The lowest BCUT2D eigenvalue weighted by molar-refractivity contribution is -0.0537. The molecule has 1 aromatic heterocycles. The monoisotopic (exact) mass is 455 g/mol. The number of hydrogen-bond acceptors (Lipinski definition) is 6. The van der Waals surface area contributed by atoms with Crippen LogP contribution in [-0.2, 0) is 13.1 Å². The number of halogens is 1.